The molecule has 2 aromatic heterocycles. The molecule has 0 aromatic carbocycles. The number of nitrogens with zero attached hydrogens (tertiary/aromatic N) is 3. The molecule has 1 N–H and O–H groups in total. The van der Waals surface area contributed by atoms with E-state index in [4.69, 9.17) is 0 Å². The van der Waals surface area contributed by atoms with E-state index in [1.54, 1.807) is 12.3 Å². The summed E-state index contributed by atoms with van der Waals surface area (Å²) in [6.45, 7) is 0. The van der Waals surface area contributed by atoms with Gasteiger partial charge in [-0.15, -0.1) is 0 Å². The van der Waals surface area contributed by atoms with Gasteiger partial charge >= 0.3 is 0 Å². The highest BCUT2D eigenvalue weighted by atomic mass is 32.2. The van der Waals surface area contributed by atoms with E-state index >= 15 is 0 Å². The van der Waals surface area contributed by atoms with E-state index in [2.05, 4.69) is 20.3 Å². The minimum Gasteiger partial charge on any atom is -0.300 e. The number of carbonyl (C=O) groups is 1. The van der Waals surface area contributed by atoms with E-state index in [0.29, 0.717) is 16.6 Å². The smallest absolute Gasteiger partial charge is 0.276 e. The molecular formula is C13H10N4OS. The van der Waals surface area contributed by atoms with Crippen molar-refractivity contribution in [3.05, 3.63) is 41.9 Å². The predicted octanol–water partition coefficient (Wildman–Crippen LogP) is 1.82. The van der Waals surface area contributed by atoms with Crippen LogP contribution in [0.2, 0.25) is 0 Å². The van der Waals surface area contributed by atoms with E-state index in [1.807, 2.05) is 30.5 Å². The lowest BCUT2D eigenvalue weighted by Gasteiger charge is -1.98. The molecule has 19 heavy (non-hydrogen) atoms. The fourth-order valence-electron chi connectivity index (χ4n) is 1.74. The van der Waals surface area contributed by atoms with Crippen molar-refractivity contribution < 1.29 is 4.79 Å². The van der Waals surface area contributed by atoms with Crippen molar-refractivity contribution >= 4 is 39.9 Å². The van der Waals surface area contributed by atoms with Crippen LogP contribution in [0.15, 0.2) is 41.2 Å². The van der Waals surface area contributed by atoms with E-state index < -0.39 is 0 Å². The Kier molecular flexibility index (Phi) is 3.00. The Bertz CT molecular complexity index is 723. The third kappa shape index (κ3) is 2.34. The molecule has 0 atom stereocenters. The monoisotopic (exact) mass is 270 g/mol. The van der Waals surface area contributed by atoms with Crippen LogP contribution in [0.1, 0.15) is 5.69 Å². The normalized spacial score (nSPS) is 16.8. The molecule has 0 unspecified atom stereocenters. The molecule has 0 saturated heterocycles. The molecule has 0 aliphatic carbocycles. The molecular weight excluding hydrogens is 260 g/mol. The van der Waals surface area contributed by atoms with E-state index in [1.165, 1.54) is 11.8 Å². The number of hydrogen-bond acceptors (Lipinski definition) is 5. The van der Waals surface area contributed by atoms with Crippen LogP contribution in [-0.4, -0.2) is 27.3 Å². The van der Waals surface area contributed by atoms with Gasteiger partial charge in [0.1, 0.15) is 5.70 Å². The summed E-state index contributed by atoms with van der Waals surface area (Å²) < 4.78 is 0. The first kappa shape index (κ1) is 11.9. The van der Waals surface area contributed by atoms with Gasteiger partial charge in [-0.2, -0.15) is 0 Å². The lowest BCUT2D eigenvalue weighted by Crippen LogP contribution is -2.21. The molecule has 1 aliphatic rings. The highest BCUT2D eigenvalue weighted by molar-refractivity contribution is 8.13. The zero-order chi connectivity index (χ0) is 13.2. The summed E-state index contributed by atoms with van der Waals surface area (Å²) in [6.07, 6.45) is 5.26. The van der Waals surface area contributed by atoms with Gasteiger partial charge in [0.05, 0.1) is 16.7 Å². The Morgan fingerprint density at radius 3 is 2.95 bits per heavy atom. The molecule has 0 radical (unpaired) electrons. The van der Waals surface area contributed by atoms with Gasteiger partial charge < -0.3 is 0 Å². The van der Waals surface area contributed by atoms with Crippen molar-refractivity contribution in [2.45, 2.75) is 0 Å². The van der Waals surface area contributed by atoms with E-state index in [-0.39, 0.29) is 5.91 Å². The van der Waals surface area contributed by atoms with E-state index in [9.17, 15) is 4.79 Å². The third-order valence-corrected chi connectivity index (χ3v) is 3.21. The number of aliphatic imine (C=N–C) groups is 1. The summed E-state index contributed by atoms with van der Waals surface area (Å²) >= 11 is 1.40. The molecule has 3 rings (SSSR count). The van der Waals surface area contributed by atoms with Gasteiger partial charge in [-0.3, -0.25) is 15.1 Å². The Balaban J connectivity index is 2.01. The van der Waals surface area contributed by atoms with Gasteiger partial charge in [0.2, 0.25) is 0 Å². The lowest BCUT2D eigenvalue weighted by atomic mass is 10.2. The number of hydrogen-bond donors (Lipinski definition) is 1. The van der Waals surface area contributed by atoms with Crippen molar-refractivity contribution in [3.8, 4) is 0 Å². The molecule has 0 spiro atoms. The SMILES string of the molecule is CSC1=N/C(=C\c2ccc3ncccc3n2)C(=O)N1. The number of amidine groups is 1. The number of thioether (sulfide) groups is 1. The second-order valence-electron chi connectivity index (χ2n) is 3.88. The molecule has 5 nitrogen and oxygen atoms in total. The lowest BCUT2D eigenvalue weighted by molar-refractivity contribution is -0.115. The molecule has 1 amide bonds. The predicted molar refractivity (Wildman–Crippen MR) is 76.6 cm³/mol. The summed E-state index contributed by atoms with van der Waals surface area (Å²) in [7, 11) is 0. The minimum atomic E-state index is -0.197. The highest BCUT2D eigenvalue weighted by Gasteiger charge is 2.19. The van der Waals surface area contributed by atoms with Crippen LogP contribution in [0.4, 0.5) is 0 Å². The summed E-state index contributed by atoms with van der Waals surface area (Å²) in [6, 6.07) is 7.41. The van der Waals surface area contributed by atoms with Crippen LogP contribution < -0.4 is 5.32 Å². The maximum absolute atomic E-state index is 11.7. The summed E-state index contributed by atoms with van der Waals surface area (Å²) in [5.41, 5.74) is 2.69. The average molecular weight is 270 g/mol. The number of pyridine rings is 2. The Labute approximate surface area is 113 Å². The second-order valence-corrected chi connectivity index (χ2v) is 4.68. The summed E-state index contributed by atoms with van der Waals surface area (Å²) in [5, 5.41) is 3.29. The highest BCUT2D eigenvalue weighted by Crippen LogP contribution is 2.16. The first-order valence-corrected chi connectivity index (χ1v) is 6.86. The van der Waals surface area contributed by atoms with Gasteiger partial charge in [0.25, 0.3) is 5.91 Å². The van der Waals surface area contributed by atoms with Crippen molar-refractivity contribution in [2.75, 3.05) is 6.26 Å². The maximum Gasteiger partial charge on any atom is 0.276 e. The van der Waals surface area contributed by atoms with Gasteiger partial charge in [-0.1, -0.05) is 11.8 Å². The molecule has 0 fully saturated rings. The molecule has 1 aliphatic heterocycles. The molecule has 0 saturated carbocycles. The molecule has 3 heterocycles. The second kappa shape index (κ2) is 4.81. The topological polar surface area (TPSA) is 67.2 Å². The molecule has 94 valence electrons. The van der Waals surface area contributed by atoms with Crippen molar-refractivity contribution in [2.24, 2.45) is 4.99 Å². The van der Waals surface area contributed by atoms with Gasteiger partial charge in [-0.05, 0) is 36.6 Å². The molecule has 2 aromatic rings. The minimum absolute atomic E-state index is 0.197. The number of nitrogens with one attached hydrogen (secondary N) is 1. The van der Waals surface area contributed by atoms with Crippen molar-refractivity contribution in [1.82, 2.24) is 15.3 Å². The fraction of sp³-hybridized carbons (Fsp3) is 0.0769. The Morgan fingerprint density at radius 2 is 2.16 bits per heavy atom. The Hall–Kier alpha value is -2.21. The zero-order valence-corrected chi connectivity index (χ0v) is 10.9. The third-order valence-electron chi connectivity index (χ3n) is 2.63. The average Bonchev–Trinajstić information content (AvgIpc) is 2.79. The quantitative estimate of drug-likeness (QED) is 0.803. The maximum atomic E-state index is 11.7. The van der Waals surface area contributed by atoms with Crippen LogP contribution in [0.5, 0.6) is 0 Å². The number of carbonyl (C=O) groups excluding carboxylic acids is 1. The van der Waals surface area contributed by atoms with Gasteiger partial charge in [-0.25, -0.2) is 9.98 Å². The molecule has 6 heteroatoms. The summed E-state index contributed by atoms with van der Waals surface area (Å²) in [5.74, 6) is -0.197. The number of amides is 1. The van der Waals surface area contributed by atoms with Crippen molar-refractivity contribution in [1.29, 1.82) is 0 Å². The zero-order valence-electron chi connectivity index (χ0n) is 10.1. The van der Waals surface area contributed by atoms with Gasteiger partial charge in [0, 0.05) is 6.20 Å². The number of fused-ring (bicyclic) bond motifs is 1. The first-order valence-electron chi connectivity index (χ1n) is 5.64. The van der Waals surface area contributed by atoms with Crippen LogP contribution in [0.3, 0.4) is 0 Å². The fourth-order valence-corrected chi connectivity index (χ4v) is 2.12. The summed E-state index contributed by atoms with van der Waals surface area (Å²) in [4.78, 5) is 24.5. The van der Waals surface area contributed by atoms with E-state index in [0.717, 1.165) is 11.0 Å². The number of aromatic nitrogens is 2. The van der Waals surface area contributed by atoms with Crippen LogP contribution >= 0.6 is 11.8 Å². The van der Waals surface area contributed by atoms with Crippen LogP contribution in [-0.2, 0) is 4.79 Å². The number of rotatable bonds is 1. The van der Waals surface area contributed by atoms with Crippen LogP contribution in [0, 0.1) is 0 Å². The van der Waals surface area contributed by atoms with Gasteiger partial charge in [0.15, 0.2) is 5.17 Å². The first-order chi connectivity index (χ1) is 9.26. The Morgan fingerprint density at radius 1 is 1.26 bits per heavy atom. The van der Waals surface area contributed by atoms with Crippen LogP contribution in [0.25, 0.3) is 17.1 Å². The largest absolute Gasteiger partial charge is 0.300 e. The molecule has 0 bridgehead atoms. The standard InChI is InChI=1S/C13H10N4OS/c1-19-13-16-11(12(18)17-13)7-8-4-5-9-10(15-8)3-2-6-14-9/h2-7H,1H3,(H,16,17,18)/b11-7-. The van der Waals surface area contributed by atoms with Crippen molar-refractivity contribution in [3.63, 3.8) is 0 Å².